The summed E-state index contributed by atoms with van der Waals surface area (Å²) < 4.78 is 34.3. The van der Waals surface area contributed by atoms with Crippen molar-refractivity contribution in [2.45, 2.75) is 106 Å². The molecule has 0 rings (SSSR count). The maximum atomic E-state index is 13.0. The number of hydrogen-bond donors (Lipinski definition) is 0. The van der Waals surface area contributed by atoms with Crippen LogP contribution in [0, 0.1) is 0 Å². The summed E-state index contributed by atoms with van der Waals surface area (Å²) in [4.78, 5) is 29.8. The van der Waals surface area contributed by atoms with Gasteiger partial charge in [-0.2, -0.15) is 0 Å². The normalized spacial score (nSPS) is 14.2. The predicted octanol–water partition coefficient (Wildman–Crippen LogP) is 6.04. The molecule has 0 aromatic carbocycles. The molecule has 176 valence electrons. The Morgan fingerprint density at radius 2 is 1.27 bits per heavy atom. The maximum absolute atomic E-state index is 13.0. The first kappa shape index (κ1) is 28.4. The fraction of sp³-hybridized carbons (Fsp3) is 0.800. The molecule has 0 radical (unpaired) electrons. The molecule has 0 saturated carbocycles. The Labute approximate surface area is 180 Å². The van der Waals surface area contributed by atoms with Gasteiger partial charge >= 0.3 is 19.8 Å². The lowest BCUT2D eigenvalue weighted by Crippen LogP contribution is -2.43. The monoisotopic (exact) mass is 451 g/mol. The first-order valence-electron chi connectivity index (χ1n) is 9.92. The average Bonchev–Trinajstić information content (AvgIpc) is 2.45. The number of nitrogens with zero attached hydrogens (tertiary/aromatic N) is 1. The van der Waals surface area contributed by atoms with E-state index in [1.807, 2.05) is 0 Å². The third-order valence-electron chi connectivity index (χ3n) is 2.77. The van der Waals surface area contributed by atoms with E-state index < -0.39 is 37.1 Å². The number of hydroxylamine groups is 2. The van der Waals surface area contributed by atoms with Gasteiger partial charge in [-0.25, -0.2) is 9.59 Å². The molecular formula is C20H38NO8P. The highest BCUT2D eigenvalue weighted by Crippen LogP contribution is 2.52. The van der Waals surface area contributed by atoms with Crippen molar-refractivity contribution in [1.29, 1.82) is 0 Å². The van der Waals surface area contributed by atoms with Crippen LogP contribution in [0.1, 0.15) is 76.2 Å². The SMILES string of the molecule is CC(C)OP(=O)(/C=C/C(C)N(OC(=O)OC(C)(C)C)C(=O)OC(C)(C)C)OC(C)C. The number of ether oxygens (including phenoxy) is 2. The van der Waals surface area contributed by atoms with E-state index in [2.05, 4.69) is 0 Å². The third-order valence-corrected chi connectivity index (χ3v) is 4.74. The second kappa shape index (κ2) is 11.2. The molecule has 1 amide bonds. The molecule has 1 atom stereocenters. The van der Waals surface area contributed by atoms with Crippen molar-refractivity contribution < 1.29 is 37.5 Å². The molecule has 0 bridgehead atoms. The van der Waals surface area contributed by atoms with Crippen molar-refractivity contribution >= 4 is 19.8 Å². The molecule has 30 heavy (non-hydrogen) atoms. The quantitative estimate of drug-likeness (QED) is 0.262. The fourth-order valence-electron chi connectivity index (χ4n) is 1.93. The van der Waals surface area contributed by atoms with Crippen LogP contribution >= 0.6 is 7.60 Å². The zero-order chi connectivity index (χ0) is 23.9. The predicted molar refractivity (Wildman–Crippen MR) is 114 cm³/mol. The first-order chi connectivity index (χ1) is 13.3. The highest BCUT2D eigenvalue weighted by Gasteiger charge is 2.32. The van der Waals surface area contributed by atoms with E-state index in [1.165, 1.54) is 11.9 Å². The van der Waals surface area contributed by atoms with Crippen LogP contribution in [-0.4, -0.2) is 46.8 Å². The number of hydrogen-bond acceptors (Lipinski definition) is 8. The Kier molecular flexibility index (Phi) is 10.6. The van der Waals surface area contributed by atoms with Gasteiger partial charge in [0, 0.05) is 5.82 Å². The van der Waals surface area contributed by atoms with Crippen LogP contribution in [0.5, 0.6) is 0 Å². The Hall–Kier alpha value is -1.57. The lowest BCUT2D eigenvalue weighted by atomic mass is 10.2. The average molecular weight is 451 g/mol. The van der Waals surface area contributed by atoms with Crippen LogP contribution in [0.25, 0.3) is 0 Å². The molecule has 0 aliphatic heterocycles. The summed E-state index contributed by atoms with van der Waals surface area (Å²) in [5, 5.41) is 0.713. The molecule has 0 spiro atoms. The van der Waals surface area contributed by atoms with Gasteiger partial charge in [-0.1, -0.05) is 6.08 Å². The molecule has 9 nitrogen and oxygen atoms in total. The second-order valence-electron chi connectivity index (χ2n) is 9.29. The number of rotatable bonds is 7. The van der Waals surface area contributed by atoms with Crippen molar-refractivity contribution in [2.24, 2.45) is 0 Å². The van der Waals surface area contributed by atoms with Crippen molar-refractivity contribution in [3.8, 4) is 0 Å². The Morgan fingerprint density at radius 3 is 1.63 bits per heavy atom. The zero-order valence-corrected chi connectivity index (χ0v) is 20.9. The van der Waals surface area contributed by atoms with E-state index in [9.17, 15) is 14.2 Å². The highest BCUT2D eigenvalue weighted by atomic mass is 31.2. The summed E-state index contributed by atoms with van der Waals surface area (Å²) in [6, 6.07) is -0.854. The summed E-state index contributed by atoms with van der Waals surface area (Å²) in [5.41, 5.74) is -1.64. The minimum Gasteiger partial charge on any atom is -0.442 e. The lowest BCUT2D eigenvalue weighted by Gasteiger charge is -2.29. The minimum atomic E-state index is -3.60. The molecule has 10 heteroatoms. The van der Waals surface area contributed by atoms with Gasteiger partial charge in [0.15, 0.2) is 0 Å². The van der Waals surface area contributed by atoms with E-state index in [-0.39, 0.29) is 12.2 Å². The topological polar surface area (TPSA) is 101 Å². The molecular weight excluding hydrogens is 413 g/mol. The third kappa shape index (κ3) is 12.9. The Balaban J connectivity index is 5.68. The van der Waals surface area contributed by atoms with Gasteiger partial charge in [0.25, 0.3) is 0 Å². The fourth-order valence-corrected chi connectivity index (χ4v) is 3.76. The molecule has 0 fully saturated rings. The van der Waals surface area contributed by atoms with Crippen molar-refractivity contribution in [3.05, 3.63) is 11.9 Å². The van der Waals surface area contributed by atoms with Crippen molar-refractivity contribution in [1.82, 2.24) is 5.06 Å². The summed E-state index contributed by atoms with van der Waals surface area (Å²) >= 11 is 0. The van der Waals surface area contributed by atoms with E-state index in [0.29, 0.717) is 5.06 Å². The van der Waals surface area contributed by atoms with Crippen LogP contribution in [0.15, 0.2) is 11.9 Å². The molecule has 0 aromatic rings. The highest BCUT2D eigenvalue weighted by molar-refractivity contribution is 7.57. The molecule has 0 saturated heterocycles. The summed E-state index contributed by atoms with van der Waals surface area (Å²) in [7, 11) is -3.60. The van der Waals surface area contributed by atoms with E-state index in [1.54, 1.807) is 76.2 Å². The molecule has 0 aliphatic carbocycles. The molecule has 1 unspecified atom stereocenters. The van der Waals surface area contributed by atoms with E-state index >= 15 is 0 Å². The lowest BCUT2D eigenvalue weighted by molar-refractivity contribution is -0.145. The number of carbonyl (C=O) groups is 2. The van der Waals surface area contributed by atoms with Gasteiger partial charge < -0.3 is 18.5 Å². The smallest absolute Gasteiger partial charge is 0.442 e. The molecule has 0 aliphatic rings. The first-order valence-corrected chi connectivity index (χ1v) is 11.5. The maximum Gasteiger partial charge on any atom is 0.534 e. The van der Waals surface area contributed by atoms with Crippen molar-refractivity contribution in [2.75, 3.05) is 0 Å². The van der Waals surface area contributed by atoms with Crippen LogP contribution in [0.4, 0.5) is 9.59 Å². The number of carbonyl (C=O) groups excluding carboxylic acids is 2. The summed E-state index contributed by atoms with van der Waals surface area (Å²) in [6.45, 7) is 18.5. The molecule has 0 heterocycles. The van der Waals surface area contributed by atoms with Crippen LogP contribution in [0.3, 0.4) is 0 Å². The van der Waals surface area contributed by atoms with Crippen LogP contribution < -0.4 is 0 Å². The van der Waals surface area contributed by atoms with Crippen LogP contribution in [-0.2, 0) is 27.9 Å². The molecule has 0 aromatic heterocycles. The van der Waals surface area contributed by atoms with Gasteiger partial charge in [0.05, 0.1) is 18.2 Å². The summed E-state index contributed by atoms with van der Waals surface area (Å²) in [6.07, 6.45) is -1.30. The Morgan fingerprint density at radius 1 is 0.833 bits per heavy atom. The number of amides is 1. The van der Waals surface area contributed by atoms with E-state index in [0.717, 1.165) is 0 Å². The van der Waals surface area contributed by atoms with Crippen molar-refractivity contribution in [3.63, 3.8) is 0 Å². The van der Waals surface area contributed by atoms with Gasteiger partial charge in [-0.05, 0) is 76.2 Å². The largest absolute Gasteiger partial charge is 0.534 e. The standard InChI is InChI=1S/C20H38NO8P/c1-14(2)28-30(24,29-15(3)4)13-12-16(5)21(17(22)25-19(6,7)8)27-18(23)26-20(9,10)11/h12-16H,1-11H3/b13-12+. The Bertz CT molecular complexity index is 632. The van der Waals surface area contributed by atoms with Gasteiger partial charge in [-0.3, -0.25) is 9.40 Å². The molecule has 0 N–H and O–H groups in total. The van der Waals surface area contributed by atoms with Crippen LogP contribution in [0.2, 0.25) is 0 Å². The zero-order valence-electron chi connectivity index (χ0n) is 20.0. The minimum absolute atomic E-state index is 0.352. The van der Waals surface area contributed by atoms with Gasteiger partial charge in [0.1, 0.15) is 11.2 Å². The van der Waals surface area contributed by atoms with Gasteiger partial charge in [0.2, 0.25) is 0 Å². The summed E-state index contributed by atoms with van der Waals surface area (Å²) in [5.74, 6) is 1.24. The second-order valence-corrected chi connectivity index (χ2v) is 11.1. The van der Waals surface area contributed by atoms with E-state index in [4.69, 9.17) is 23.4 Å². The van der Waals surface area contributed by atoms with Gasteiger partial charge in [-0.15, -0.1) is 5.06 Å².